The third-order valence-corrected chi connectivity index (χ3v) is 15.5. The summed E-state index contributed by atoms with van der Waals surface area (Å²) in [6.07, 6.45) is 8.25. The van der Waals surface area contributed by atoms with Gasteiger partial charge in [0.05, 0.1) is 24.9 Å². The van der Waals surface area contributed by atoms with Gasteiger partial charge in [-0.25, -0.2) is 4.98 Å². The van der Waals surface area contributed by atoms with Gasteiger partial charge in [0.15, 0.2) is 11.7 Å². The Labute approximate surface area is 379 Å². The van der Waals surface area contributed by atoms with Crippen molar-refractivity contribution in [1.82, 2.24) is 24.6 Å². The number of anilines is 1. The number of rotatable bonds is 11. The third kappa shape index (κ3) is 7.83. The Morgan fingerprint density at radius 3 is 2.41 bits per heavy atom. The number of likely N-dealkylation sites (tertiary alicyclic amines) is 1. The fourth-order valence-corrected chi connectivity index (χ4v) is 12.0. The number of aromatic hydroxyl groups is 1. The van der Waals surface area contributed by atoms with E-state index >= 15 is 0 Å². The molecule has 10 nitrogen and oxygen atoms in total. The minimum atomic E-state index is -0.280. The fourth-order valence-electron chi connectivity index (χ4n) is 10.8. The molecule has 4 aliphatic rings. The smallest absolute Gasteiger partial charge is 0.196 e. The van der Waals surface area contributed by atoms with Crippen molar-refractivity contribution in [2.75, 3.05) is 44.2 Å². The van der Waals surface area contributed by atoms with Gasteiger partial charge >= 0.3 is 0 Å². The number of fused-ring (bicyclic) bond motifs is 4. The van der Waals surface area contributed by atoms with Crippen molar-refractivity contribution in [3.63, 3.8) is 0 Å². The molecule has 326 valence electrons. The van der Waals surface area contributed by atoms with E-state index in [0.717, 1.165) is 84.9 Å². The number of ether oxygens (including phenoxy) is 1. The van der Waals surface area contributed by atoms with Crippen molar-refractivity contribution in [3.05, 3.63) is 171 Å². The molecule has 11 rings (SSSR count). The molecule has 1 aliphatic carbocycles. The average Bonchev–Trinajstić information content (AvgIpc) is 4.02. The van der Waals surface area contributed by atoms with Crippen molar-refractivity contribution in [2.45, 2.75) is 70.8 Å². The van der Waals surface area contributed by atoms with E-state index in [9.17, 15) is 5.11 Å². The van der Waals surface area contributed by atoms with Crippen molar-refractivity contribution in [1.29, 1.82) is 0 Å². The molecule has 3 aliphatic heterocycles. The Morgan fingerprint density at radius 2 is 1.64 bits per heavy atom. The number of phenols is 1. The Kier molecular flexibility index (Phi) is 10.9. The summed E-state index contributed by atoms with van der Waals surface area (Å²) >= 11 is 1.78. The lowest BCUT2D eigenvalue weighted by Crippen LogP contribution is -2.51. The normalized spacial score (nSPS) is 20.2. The number of nitrogens with zero attached hydrogens (tertiary/aromatic N) is 7. The summed E-state index contributed by atoms with van der Waals surface area (Å²) in [4.78, 5) is 16.3. The molecule has 0 spiro atoms. The second-order valence-electron chi connectivity index (χ2n) is 18.4. The Morgan fingerprint density at radius 1 is 0.844 bits per heavy atom. The SMILES string of the molecule is Cc1sc2c(c1C)C(c1ccc(N3CCC(CN4CC(COc5ccc([C@H]6c7ccc(O)cc7CC[C@H]6c6ccccc6)cc5)C4)CC3)cc1)=N[C@@H](Cc1ncco1)c1nnc(C)n1-2. The summed E-state index contributed by atoms with van der Waals surface area (Å²) in [7, 11) is 0. The second kappa shape index (κ2) is 17.2. The van der Waals surface area contributed by atoms with Crippen molar-refractivity contribution in [2.24, 2.45) is 16.8 Å². The quantitative estimate of drug-likeness (QED) is 0.137. The van der Waals surface area contributed by atoms with Crippen LogP contribution >= 0.6 is 11.3 Å². The number of piperidine rings is 1. The summed E-state index contributed by atoms with van der Waals surface area (Å²) < 4.78 is 14.2. The molecule has 0 bridgehead atoms. The number of aryl methyl sites for hydroxylation is 3. The van der Waals surface area contributed by atoms with Crippen LogP contribution in [0.15, 0.2) is 119 Å². The van der Waals surface area contributed by atoms with Crippen LogP contribution in [0.4, 0.5) is 5.69 Å². The predicted octanol–water partition coefficient (Wildman–Crippen LogP) is 10.2. The Balaban J connectivity index is 0.685. The van der Waals surface area contributed by atoms with Gasteiger partial charge in [-0.2, -0.15) is 0 Å². The minimum Gasteiger partial charge on any atom is -0.508 e. The van der Waals surface area contributed by atoms with Crippen LogP contribution in [0, 0.1) is 32.6 Å². The topological polar surface area (TPSA) is 105 Å². The summed E-state index contributed by atoms with van der Waals surface area (Å²) in [6, 6.07) is 34.4. The highest BCUT2D eigenvalue weighted by Crippen LogP contribution is 2.47. The lowest BCUT2D eigenvalue weighted by atomic mass is 9.69. The van der Waals surface area contributed by atoms with E-state index in [1.165, 1.54) is 57.8 Å². The lowest BCUT2D eigenvalue weighted by molar-refractivity contribution is 0.0454. The van der Waals surface area contributed by atoms with E-state index in [1.807, 2.05) is 19.1 Å². The molecule has 6 heterocycles. The molecule has 0 saturated carbocycles. The third-order valence-electron chi connectivity index (χ3n) is 14.3. The predicted molar refractivity (Wildman–Crippen MR) is 253 cm³/mol. The number of hydrogen-bond acceptors (Lipinski definition) is 10. The number of aromatic nitrogens is 4. The highest BCUT2D eigenvalue weighted by Gasteiger charge is 2.35. The van der Waals surface area contributed by atoms with Gasteiger partial charge in [0.2, 0.25) is 0 Å². The van der Waals surface area contributed by atoms with Gasteiger partial charge in [0.25, 0.3) is 0 Å². The molecule has 3 atom stereocenters. The van der Waals surface area contributed by atoms with E-state index in [4.69, 9.17) is 14.1 Å². The molecule has 2 saturated heterocycles. The van der Waals surface area contributed by atoms with Crippen LogP contribution in [0.25, 0.3) is 5.00 Å². The molecular weight excluding hydrogens is 815 g/mol. The van der Waals surface area contributed by atoms with E-state index in [-0.39, 0.29) is 12.0 Å². The van der Waals surface area contributed by atoms with Crippen molar-refractivity contribution >= 4 is 22.7 Å². The molecule has 3 aromatic heterocycles. The maximum Gasteiger partial charge on any atom is 0.196 e. The summed E-state index contributed by atoms with van der Waals surface area (Å²) in [5.41, 5.74) is 11.0. The number of phenolic OH excluding ortho intramolecular Hbond substituents is 1. The molecule has 64 heavy (non-hydrogen) atoms. The summed E-state index contributed by atoms with van der Waals surface area (Å²) in [5.74, 6) is 5.52. The molecule has 4 aromatic carbocycles. The van der Waals surface area contributed by atoms with Crippen LogP contribution in [-0.4, -0.2) is 74.8 Å². The van der Waals surface area contributed by atoms with Gasteiger partial charge in [-0.3, -0.25) is 9.56 Å². The van der Waals surface area contributed by atoms with Crippen LogP contribution in [0.2, 0.25) is 0 Å². The van der Waals surface area contributed by atoms with Gasteiger partial charge in [-0.15, -0.1) is 21.5 Å². The number of hydrogen-bond donors (Lipinski definition) is 1. The van der Waals surface area contributed by atoms with Crippen molar-refractivity contribution in [3.8, 4) is 16.5 Å². The number of thiophene rings is 1. The number of aliphatic imine (C=N–C) groups is 1. The highest BCUT2D eigenvalue weighted by molar-refractivity contribution is 7.15. The standard InChI is InChI=1S/C53H55N7O3S/c1-33-34(2)64-53-49(33)51(55-47(28-48-54-23-26-62-48)52-57-56-35(3)60(52)53)40-9-14-42(15-10-40)59-24-21-36(22-25-59)29-58-30-37(31-58)32-63-44-17-11-39(12-18-44)50-45(38-7-5-4-6-8-38)19-13-41-27-43(61)16-20-46(41)50/h4-12,14-18,20,23,26-27,36-37,45,47,50,61H,13,19,21-22,24-25,28-32H2,1-3H3/t45-,47-,50+/m0/s1. The zero-order chi connectivity index (χ0) is 43.3. The van der Waals surface area contributed by atoms with Gasteiger partial charge < -0.3 is 24.1 Å². The zero-order valence-electron chi connectivity index (χ0n) is 36.9. The van der Waals surface area contributed by atoms with Gasteiger partial charge in [0.1, 0.15) is 34.6 Å². The lowest BCUT2D eigenvalue weighted by Gasteiger charge is -2.43. The van der Waals surface area contributed by atoms with E-state index < -0.39 is 0 Å². The molecule has 2 fully saturated rings. The monoisotopic (exact) mass is 869 g/mol. The zero-order valence-corrected chi connectivity index (χ0v) is 37.7. The molecule has 0 radical (unpaired) electrons. The van der Waals surface area contributed by atoms with Crippen molar-refractivity contribution < 1.29 is 14.3 Å². The number of benzene rings is 4. The Hall–Kier alpha value is -6.04. The van der Waals surface area contributed by atoms with Crippen LogP contribution in [-0.2, 0) is 12.8 Å². The molecule has 11 heteroatoms. The van der Waals surface area contributed by atoms with Gasteiger partial charge in [-0.1, -0.05) is 60.7 Å². The molecule has 7 aromatic rings. The van der Waals surface area contributed by atoms with Crippen LogP contribution in [0.3, 0.4) is 0 Å². The molecule has 0 unspecified atom stereocenters. The largest absolute Gasteiger partial charge is 0.508 e. The average molecular weight is 870 g/mol. The summed E-state index contributed by atoms with van der Waals surface area (Å²) in [5, 5.41) is 20.5. The summed E-state index contributed by atoms with van der Waals surface area (Å²) in [6.45, 7) is 12.7. The first-order valence-electron chi connectivity index (χ1n) is 23.0. The number of oxazole rings is 1. The minimum absolute atomic E-state index is 0.241. The Bertz CT molecular complexity index is 2770. The molecular formula is C53H55N7O3S. The van der Waals surface area contributed by atoms with Crippen LogP contribution < -0.4 is 9.64 Å². The van der Waals surface area contributed by atoms with E-state index in [2.05, 4.69) is 128 Å². The molecule has 1 N–H and O–H groups in total. The first-order chi connectivity index (χ1) is 31.3. The van der Waals surface area contributed by atoms with Crippen LogP contribution in [0.1, 0.15) is 98.5 Å². The van der Waals surface area contributed by atoms with E-state index in [0.29, 0.717) is 35.8 Å². The highest BCUT2D eigenvalue weighted by atomic mass is 32.1. The van der Waals surface area contributed by atoms with E-state index in [1.54, 1.807) is 23.8 Å². The maximum atomic E-state index is 10.2. The first-order valence-corrected chi connectivity index (χ1v) is 23.8. The molecule has 0 amide bonds. The second-order valence-corrected chi connectivity index (χ2v) is 19.6. The van der Waals surface area contributed by atoms with Gasteiger partial charge in [0, 0.05) is 66.3 Å². The van der Waals surface area contributed by atoms with Crippen LogP contribution in [0.5, 0.6) is 11.5 Å². The fraction of sp³-hybridized carbons (Fsp3) is 0.358. The first kappa shape index (κ1) is 40.7. The van der Waals surface area contributed by atoms with Gasteiger partial charge in [-0.05, 0) is 123 Å². The maximum absolute atomic E-state index is 10.2.